The molecule has 2 aromatic rings. The van der Waals surface area contributed by atoms with Crippen LogP contribution in [0.25, 0.3) is 11.8 Å². The summed E-state index contributed by atoms with van der Waals surface area (Å²) in [4.78, 5) is 27.4. The number of hydrogen-bond acceptors (Lipinski definition) is 4. The average molecular weight is 423 g/mol. The van der Waals surface area contributed by atoms with E-state index in [1.54, 1.807) is 18.9 Å². The summed E-state index contributed by atoms with van der Waals surface area (Å²) >= 11 is 0. The summed E-state index contributed by atoms with van der Waals surface area (Å²) in [5, 5.41) is 0. The lowest BCUT2D eigenvalue weighted by Crippen LogP contribution is -2.26. The number of carbonyl (C=O) groups excluding carboxylic acids is 2. The topological polar surface area (TPSA) is 60.8 Å². The lowest BCUT2D eigenvalue weighted by Gasteiger charge is -2.17. The first-order valence-electron chi connectivity index (χ1n) is 10.4. The van der Waals surface area contributed by atoms with Gasteiger partial charge in [0.15, 0.2) is 0 Å². The number of esters is 1. The van der Waals surface area contributed by atoms with Crippen molar-refractivity contribution >= 4 is 18.0 Å². The highest BCUT2D eigenvalue weighted by Gasteiger charge is 2.36. The lowest BCUT2D eigenvalue weighted by atomic mass is 10.0. The number of allylic oxidation sites excluding steroid dienone is 1. The zero-order valence-electron chi connectivity index (χ0n) is 19.1. The highest BCUT2D eigenvalue weighted by Crippen LogP contribution is 2.33. The molecule has 0 radical (unpaired) electrons. The molecular formula is C25H30N2O4. The Hall–Kier alpha value is -3.12. The normalized spacial score (nSPS) is 15.4. The lowest BCUT2D eigenvalue weighted by molar-refractivity contribution is -0.136. The maximum absolute atomic E-state index is 13.2. The Labute approximate surface area is 183 Å². The second-order valence-electron chi connectivity index (χ2n) is 7.76. The fraction of sp³-hybridized carbons (Fsp3) is 0.360. The van der Waals surface area contributed by atoms with Crippen LogP contribution in [0.2, 0.25) is 0 Å². The number of amides is 1. The fourth-order valence-corrected chi connectivity index (χ4v) is 4.14. The van der Waals surface area contributed by atoms with Gasteiger partial charge < -0.3 is 18.9 Å². The SMILES string of the molecule is COCCCN1C(=O)/C(=C\c2cc(C)n(-c3ccccc3C)c2C)C(C(=O)OC)=C1C. The molecule has 31 heavy (non-hydrogen) atoms. The Balaban J connectivity index is 2.08. The van der Waals surface area contributed by atoms with E-state index < -0.39 is 5.97 Å². The van der Waals surface area contributed by atoms with Gasteiger partial charge in [-0.1, -0.05) is 18.2 Å². The van der Waals surface area contributed by atoms with E-state index in [4.69, 9.17) is 9.47 Å². The number of nitrogens with zero attached hydrogens (tertiary/aromatic N) is 2. The van der Waals surface area contributed by atoms with Gasteiger partial charge in [-0.2, -0.15) is 0 Å². The molecule has 2 heterocycles. The van der Waals surface area contributed by atoms with Gasteiger partial charge in [0, 0.05) is 43.0 Å². The molecule has 6 nitrogen and oxygen atoms in total. The van der Waals surface area contributed by atoms with Gasteiger partial charge in [0.05, 0.1) is 18.3 Å². The van der Waals surface area contributed by atoms with Crippen LogP contribution in [0.15, 0.2) is 47.2 Å². The van der Waals surface area contributed by atoms with E-state index >= 15 is 0 Å². The summed E-state index contributed by atoms with van der Waals surface area (Å²) in [6.07, 6.45) is 2.49. The van der Waals surface area contributed by atoms with E-state index in [9.17, 15) is 9.59 Å². The van der Waals surface area contributed by atoms with Gasteiger partial charge >= 0.3 is 5.97 Å². The maximum Gasteiger partial charge on any atom is 0.340 e. The quantitative estimate of drug-likeness (QED) is 0.383. The molecule has 0 bridgehead atoms. The number of aromatic nitrogens is 1. The summed E-state index contributed by atoms with van der Waals surface area (Å²) < 4.78 is 12.3. The van der Waals surface area contributed by atoms with Crippen LogP contribution in [0, 0.1) is 20.8 Å². The molecule has 6 heteroatoms. The van der Waals surface area contributed by atoms with Crippen LogP contribution in [0.1, 0.15) is 35.9 Å². The molecule has 3 rings (SSSR count). The van der Waals surface area contributed by atoms with Crippen LogP contribution in [0.5, 0.6) is 0 Å². The predicted molar refractivity (Wildman–Crippen MR) is 121 cm³/mol. The van der Waals surface area contributed by atoms with Gasteiger partial charge in [0.25, 0.3) is 5.91 Å². The number of ether oxygens (including phenoxy) is 2. The van der Waals surface area contributed by atoms with Gasteiger partial charge in [0.1, 0.15) is 0 Å². The van der Waals surface area contributed by atoms with Crippen molar-refractivity contribution in [1.82, 2.24) is 9.47 Å². The van der Waals surface area contributed by atoms with E-state index in [0.29, 0.717) is 36.4 Å². The van der Waals surface area contributed by atoms with Crippen molar-refractivity contribution in [2.75, 3.05) is 27.4 Å². The average Bonchev–Trinajstić information content (AvgIpc) is 3.15. The first-order chi connectivity index (χ1) is 14.8. The van der Waals surface area contributed by atoms with Crippen molar-refractivity contribution in [3.63, 3.8) is 0 Å². The van der Waals surface area contributed by atoms with E-state index in [2.05, 4.69) is 23.6 Å². The fourth-order valence-electron chi connectivity index (χ4n) is 4.14. The first kappa shape index (κ1) is 22.6. The third kappa shape index (κ3) is 4.21. The van der Waals surface area contributed by atoms with E-state index in [0.717, 1.165) is 28.2 Å². The Bertz CT molecular complexity index is 1080. The molecule has 164 valence electrons. The maximum atomic E-state index is 13.2. The molecule has 1 aromatic carbocycles. The number of para-hydroxylation sites is 1. The number of carbonyl (C=O) groups is 2. The zero-order valence-corrected chi connectivity index (χ0v) is 19.1. The smallest absolute Gasteiger partial charge is 0.340 e. The molecule has 1 amide bonds. The van der Waals surface area contributed by atoms with Crippen LogP contribution in [-0.4, -0.2) is 48.7 Å². The van der Waals surface area contributed by atoms with Crippen LogP contribution in [-0.2, 0) is 19.1 Å². The second-order valence-corrected chi connectivity index (χ2v) is 7.76. The molecule has 1 aromatic heterocycles. The van der Waals surface area contributed by atoms with Gasteiger partial charge in [-0.05, 0) is 63.5 Å². The molecule has 0 saturated carbocycles. The van der Waals surface area contributed by atoms with Crippen LogP contribution < -0.4 is 0 Å². The molecular weight excluding hydrogens is 392 g/mol. The second kappa shape index (κ2) is 9.35. The van der Waals surface area contributed by atoms with Gasteiger partial charge in [-0.15, -0.1) is 0 Å². The monoisotopic (exact) mass is 422 g/mol. The molecule has 0 spiro atoms. The van der Waals surface area contributed by atoms with Crippen molar-refractivity contribution in [3.8, 4) is 5.69 Å². The summed E-state index contributed by atoms with van der Waals surface area (Å²) in [6, 6.07) is 10.2. The number of benzene rings is 1. The minimum atomic E-state index is -0.501. The van der Waals surface area contributed by atoms with Crippen molar-refractivity contribution in [1.29, 1.82) is 0 Å². The molecule has 0 unspecified atom stereocenters. The van der Waals surface area contributed by atoms with Crippen LogP contribution in [0.3, 0.4) is 0 Å². The Morgan fingerprint density at radius 3 is 2.45 bits per heavy atom. The minimum Gasteiger partial charge on any atom is -0.465 e. The Morgan fingerprint density at radius 1 is 1.10 bits per heavy atom. The molecule has 1 aliphatic rings. The summed E-state index contributed by atoms with van der Waals surface area (Å²) in [7, 11) is 2.96. The first-order valence-corrected chi connectivity index (χ1v) is 10.4. The molecule has 0 aliphatic carbocycles. The predicted octanol–water partition coefficient (Wildman–Crippen LogP) is 4.11. The molecule has 0 atom stereocenters. The zero-order chi connectivity index (χ0) is 22.7. The van der Waals surface area contributed by atoms with Gasteiger partial charge in [-0.25, -0.2) is 4.79 Å². The number of aryl methyl sites for hydroxylation is 2. The Kier molecular flexibility index (Phi) is 6.81. The summed E-state index contributed by atoms with van der Waals surface area (Å²) in [5.41, 5.74) is 6.53. The molecule has 0 N–H and O–H groups in total. The van der Waals surface area contributed by atoms with Crippen molar-refractivity contribution < 1.29 is 19.1 Å². The van der Waals surface area contributed by atoms with E-state index in [1.165, 1.54) is 7.11 Å². The largest absolute Gasteiger partial charge is 0.465 e. The third-order valence-electron chi connectivity index (χ3n) is 5.76. The Morgan fingerprint density at radius 2 is 1.81 bits per heavy atom. The molecule has 1 aliphatic heterocycles. The highest BCUT2D eigenvalue weighted by molar-refractivity contribution is 6.16. The van der Waals surface area contributed by atoms with Gasteiger partial charge in [-0.3, -0.25) is 4.79 Å². The van der Waals surface area contributed by atoms with Crippen molar-refractivity contribution in [2.45, 2.75) is 34.1 Å². The van der Waals surface area contributed by atoms with E-state index in [1.807, 2.05) is 38.1 Å². The molecule has 0 fully saturated rings. The third-order valence-corrected chi connectivity index (χ3v) is 5.76. The van der Waals surface area contributed by atoms with Crippen LogP contribution in [0.4, 0.5) is 0 Å². The standard InChI is InChI=1S/C25H30N2O4/c1-16-10-7-8-11-22(16)27-17(2)14-20(18(27)3)15-21-23(25(29)31-6)19(4)26(24(21)28)12-9-13-30-5/h7-8,10-11,14-15H,9,12-13H2,1-6H3/b21-15-. The summed E-state index contributed by atoms with van der Waals surface area (Å²) in [6.45, 7) is 8.95. The van der Waals surface area contributed by atoms with Crippen molar-refractivity contribution in [3.05, 3.63) is 69.7 Å². The summed E-state index contributed by atoms with van der Waals surface area (Å²) in [5.74, 6) is -0.686. The minimum absolute atomic E-state index is 0.185. The van der Waals surface area contributed by atoms with E-state index in [-0.39, 0.29) is 5.91 Å². The number of rotatable bonds is 7. The van der Waals surface area contributed by atoms with Crippen molar-refractivity contribution in [2.24, 2.45) is 0 Å². The molecule has 0 saturated heterocycles. The highest BCUT2D eigenvalue weighted by atomic mass is 16.5. The number of hydrogen-bond donors (Lipinski definition) is 0. The van der Waals surface area contributed by atoms with Crippen LogP contribution >= 0.6 is 0 Å². The van der Waals surface area contributed by atoms with Gasteiger partial charge in [0.2, 0.25) is 0 Å². The number of methoxy groups -OCH3 is 2.